The molecule has 0 aliphatic carbocycles. The van der Waals surface area contributed by atoms with Crippen molar-refractivity contribution in [3.8, 4) is 16.2 Å². The van der Waals surface area contributed by atoms with Crippen LogP contribution in [0.15, 0.2) is 53.4 Å². The van der Waals surface area contributed by atoms with E-state index in [-0.39, 0.29) is 5.24 Å². The highest BCUT2D eigenvalue weighted by atomic mass is 32.2. The lowest BCUT2D eigenvalue weighted by atomic mass is 10.1. The SMILES string of the molecule is COc1c(-c2ccccc2SC(=O)N(C)C)sc2ccccc12. The first-order chi connectivity index (χ1) is 11.1. The number of benzene rings is 2. The van der Waals surface area contributed by atoms with Gasteiger partial charge in [-0.3, -0.25) is 4.79 Å². The van der Waals surface area contributed by atoms with Crippen LogP contribution in [0.1, 0.15) is 0 Å². The van der Waals surface area contributed by atoms with Crippen molar-refractivity contribution >= 4 is 38.4 Å². The van der Waals surface area contributed by atoms with Crippen LogP contribution < -0.4 is 4.74 Å². The molecule has 5 heteroatoms. The van der Waals surface area contributed by atoms with Crippen molar-refractivity contribution in [1.29, 1.82) is 0 Å². The number of rotatable bonds is 3. The highest BCUT2D eigenvalue weighted by Crippen LogP contribution is 2.47. The van der Waals surface area contributed by atoms with Gasteiger partial charge in [0.15, 0.2) is 0 Å². The molecule has 3 rings (SSSR count). The first-order valence-electron chi connectivity index (χ1n) is 7.16. The first-order valence-corrected chi connectivity index (χ1v) is 8.79. The molecule has 0 spiro atoms. The Balaban J connectivity index is 2.14. The van der Waals surface area contributed by atoms with Crippen molar-refractivity contribution < 1.29 is 9.53 Å². The van der Waals surface area contributed by atoms with Gasteiger partial charge in [0, 0.05) is 34.6 Å². The number of carbonyl (C=O) groups excluding carboxylic acids is 1. The summed E-state index contributed by atoms with van der Waals surface area (Å²) in [5.41, 5.74) is 1.03. The van der Waals surface area contributed by atoms with Gasteiger partial charge in [-0.2, -0.15) is 0 Å². The summed E-state index contributed by atoms with van der Waals surface area (Å²) < 4.78 is 6.85. The number of fused-ring (bicyclic) bond motifs is 1. The molecule has 3 aromatic rings. The van der Waals surface area contributed by atoms with Gasteiger partial charge in [0.05, 0.1) is 12.0 Å². The van der Waals surface area contributed by atoms with E-state index in [9.17, 15) is 4.79 Å². The van der Waals surface area contributed by atoms with E-state index in [0.717, 1.165) is 26.5 Å². The molecular weight excluding hydrogens is 326 g/mol. The topological polar surface area (TPSA) is 29.5 Å². The average Bonchev–Trinajstić information content (AvgIpc) is 2.93. The third-order valence-corrected chi connectivity index (χ3v) is 5.75. The van der Waals surface area contributed by atoms with Crippen molar-refractivity contribution in [2.24, 2.45) is 0 Å². The lowest BCUT2D eigenvalue weighted by molar-refractivity contribution is 0.241. The molecule has 0 N–H and O–H groups in total. The normalized spacial score (nSPS) is 10.7. The molecule has 3 nitrogen and oxygen atoms in total. The zero-order valence-corrected chi connectivity index (χ0v) is 14.8. The molecule has 118 valence electrons. The number of thioether (sulfide) groups is 1. The van der Waals surface area contributed by atoms with Crippen LogP contribution >= 0.6 is 23.1 Å². The maximum atomic E-state index is 12.1. The molecule has 0 aliphatic rings. The van der Waals surface area contributed by atoms with Gasteiger partial charge in [0.1, 0.15) is 5.75 Å². The maximum Gasteiger partial charge on any atom is 0.285 e. The molecule has 1 heterocycles. The van der Waals surface area contributed by atoms with E-state index in [4.69, 9.17) is 4.74 Å². The maximum absolute atomic E-state index is 12.1. The van der Waals surface area contributed by atoms with Crippen LogP contribution in [0.5, 0.6) is 5.75 Å². The smallest absolute Gasteiger partial charge is 0.285 e. The highest BCUT2D eigenvalue weighted by Gasteiger charge is 2.18. The van der Waals surface area contributed by atoms with E-state index >= 15 is 0 Å². The van der Waals surface area contributed by atoms with Crippen LogP contribution in [-0.4, -0.2) is 31.3 Å². The predicted octanol–water partition coefficient (Wildman–Crippen LogP) is 5.35. The summed E-state index contributed by atoms with van der Waals surface area (Å²) in [5, 5.41) is 1.12. The number of carbonyl (C=O) groups is 1. The molecule has 0 bridgehead atoms. The number of hydrogen-bond donors (Lipinski definition) is 0. The first kappa shape index (κ1) is 15.9. The van der Waals surface area contributed by atoms with Crippen LogP contribution in [0.4, 0.5) is 4.79 Å². The lowest BCUT2D eigenvalue weighted by Gasteiger charge is -2.12. The van der Waals surface area contributed by atoms with Gasteiger partial charge in [-0.25, -0.2) is 0 Å². The monoisotopic (exact) mass is 343 g/mol. The third-order valence-electron chi connectivity index (χ3n) is 3.45. The largest absolute Gasteiger partial charge is 0.495 e. The van der Waals surface area contributed by atoms with Crippen molar-refractivity contribution in [3.63, 3.8) is 0 Å². The van der Waals surface area contributed by atoms with Gasteiger partial charge < -0.3 is 9.64 Å². The van der Waals surface area contributed by atoms with Gasteiger partial charge >= 0.3 is 0 Å². The average molecular weight is 343 g/mol. The van der Waals surface area contributed by atoms with Gasteiger partial charge in [-0.05, 0) is 30.0 Å². The number of methoxy groups -OCH3 is 1. The summed E-state index contributed by atoms with van der Waals surface area (Å²) in [6.07, 6.45) is 0. The Morgan fingerprint density at radius 2 is 1.78 bits per heavy atom. The van der Waals surface area contributed by atoms with Crippen molar-refractivity contribution in [1.82, 2.24) is 4.90 Å². The van der Waals surface area contributed by atoms with Crippen LogP contribution in [0.2, 0.25) is 0 Å². The minimum Gasteiger partial charge on any atom is -0.495 e. The summed E-state index contributed by atoms with van der Waals surface area (Å²) in [6, 6.07) is 16.2. The molecule has 1 aromatic heterocycles. The van der Waals surface area contributed by atoms with Gasteiger partial charge in [-0.15, -0.1) is 11.3 Å². The Hall–Kier alpha value is -1.98. The van der Waals surface area contributed by atoms with Crippen LogP contribution in [-0.2, 0) is 0 Å². The Bertz CT molecular complexity index is 855. The Morgan fingerprint density at radius 1 is 1.09 bits per heavy atom. The number of amides is 1. The second-order valence-electron chi connectivity index (χ2n) is 5.22. The van der Waals surface area contributed by atoms with E-state index in [2.05, 4.69) is 12.1 Å². The Kier molecular flexibility index (Phi) is 4.59. The van der Waals surface area contributed by atoms with E-state index < -0.39 is 0 Å². The molecule has 0 aliphatic heterocycles. The zero-order chi connectivity index (χ0) is 16.4. The predicted molar refractivity (Wildman–Crippen MR) is 98.8 cm³/mol. The number of thiophene rings is 1. The minimum absolute atomic E-state index is 0.0116. The zero-order valence-electron chi connectivity index (χ0n) is 13.2. The van der Waals surface area contributed by atoms with Gasteiger partial charge in [-0.1, -0.05) is 30.3 Å². The van der Waals surface area contributed by atoms with Crippen molar-refractivity contribution in [3.05, 3.63) is 48.5 Å². The molecule has 0 saturated carbocycles. The van der Waals surface area contributed by atoms with Crippen LogP contribution in [0.3, 0.4) is 0 Å². The molecule has 1 amide bonds. The lowest BCUT2D eigenvalue weighted by Crippen LogP contribution is -2.16. The van der Waals surface area contributed by atoms with Crippen molar-refractivity contribution in [2.45, 2.75) is 4.90 Å². The second-order valence-corrected chi connectivity index (χ2v) is 7.26. The van der Waals surface area contributed by atoms with E-state index in [1.54, 1.807) is 37.4 Å². The fraction of sp³-hybridized carbons (Fsp3) is 0.167. The van der Waals surface area contributed by atoms with Gasteiger partial charge in [0.2, 0.25) is 0 Å². The van der Waals surface area contributed by atoms with E-state index in [1.807, 2.05) is 36.4 Å². The summed E-state index contributed by atoms with van der Waals surface area (Å²) >= 11 is 2.93. The van der Waals surface area contributed by atoms with Crippen molar-refractivity contribution in [2.75, 3.05) is 21.2 Å². The summed E-state index contributed by atoms with van der Waals surface area (Å²) in [6.45, 7) is 0. The quantitative estimate of drug-likeness (QED) is 0.600. The number of ether oxygens (including phenoxy) is 1. The standard InChI is InChI=1S/C18H17NO2S2/c1-19(2)18(20)23-15-11-7-5-9-13(15)17-16(21-3)12-8-4-6-10-14(12)22-17/h4-11H,1-3H3. The van der Waals surface area contributed by atoms with Crippen LogP contribution in [0.25, 0.3) is 20.5 Å². The number of hydrogen-bond acceptors (Lipinski definition) is 4. The third kappa shape index (κ3) is 3.07. The second kappa shape index (κ2) is 6.64. The van der Waals surface area contributed by atoms with E-state index in [0.29, 0.717) is 0 Å². The molecule has 0 fully saturated rings. The molecule has 0 atom stereocenters. The summed E-state index contributed by atoms with van der Waals surface area (Å²) in [5.74, 6) is 0.871. The molecular formula is C18H17NO2S2. The Labute approximate surface area is 143 Å². The van der Waals surface area contributed by atoms with E-state index in [1.165, 1.54) is 16.5 Å². The van der Waals surface area contributed by atoms with Gasteiger partial charge in [0.25, 0.3) is 5.24 Å². The molecule has 2 aromatic carbocycles. The molecule has 0 saturated heterocycles. The minimum atomic E-state index is 0.0116. The number of nitrogens with zero attached hydrogens (tertiary/aromatic N) is 1. The highest BCUT2D eigenvalue weighted by molar-refractivity contribution is 8.13. The molecule has 0 radical (unpaired) electrons. The molecule has 23 heavy (non-hydrogen) atoms. The molecule has 0 unspecified atom stereocenters. The van der Waals surface area contributed by atoms with Crippen LogP contribution in [0, 0.1) is 0 Å². The fourth-order valence-corrected chi connectivity index (χ4v) is 4.40. The summed E-state index contributed by atoms with van der Waals surface area (Å²) in [7, 11) is 5.22. The Morgan fingerprint density at radius 3 is 2.52 bits per heavy atom. The fourth-order valence-electron chi connectivity index (χ4n) is 2.33. The summed E-state index contributed by atoms with van der Waals surface area (Å²) in [4.78, 5) is 15.7.